The first kappa shape index (κ1) is 9.57. The summed E-state index contributed by atoms with van der Waals surface area (Å²) in [6.07, 6.45) is 3.82. The van der Waals surface area contributed by atoms with Gasteiger partial charge >= 0.3 is 0 Å². The Morgan fingerprint density at radius 1 is 1.83 bits per heavy atom. The van der Waals surface area contributed by atoms with Gasteiger partial charge in [-0.1, -0.05) is 12.2 Å². The third-order valence-electron chi connectivity index (χ3n) is 1.51. The van der Waals surface area contributed by atoms with E-state index >= 15 is 0 Å². The van der Waals surface area contributed by atoms with Crippen LogP contribution in [0.1, 0.15) is 6.92 Å². The lowest BCUT2D eigenvalue weighted by Gasteiger charge is -2.06. The second-order valence-electron chi connectivity index (χ2n) is 2.44. The zero-order valence-corrected chi connectivity index (χ0v) is 7.78. The summed E-state index contributed by atoms with van der Waals surface area (Å²) in [5, 5.41) is 2.78. The monoisotopic (exact) mass is 187 g/mol. The molecule has 4 nitrogen and oxygen atoms in total. The Balaban J connectivity index is 2.18. The molecule has 5 heteroatoms. The van der Waals surface area contributed by atoms with Crippen molar-refractivity contribution in [2.75, 3.05) is 13.1 Å². The Bertz CT molecular complexity index is 177. The lowest BCUT2D eigenvalue weighted by Crippen LogP contribution is -2.41. The SMILES string of the molecule is C/C=C/CNC(=O)C1CNSN1. The third kappa shape index (κ3) is 2.84. The Morgan fingerprint density at radius 3 is 3.25 bits per heavy atom. The highest BCUT2D eigenvalue weighted by Crippen LogP contribution is 1.99. The van der Waals surface area contributed by atoms with E-state index in [-0.39, 0.29) is 11.9 Å². The fourth-order valence-corrected chi connectivity index (χ4v) is 1.49. The predicted octanol–water partition coefficient (Wildman–Crippen LogP) is -0.197. The fraction of sp³-hybridized carbons (Fsp3) is 0.571. The fourth-order valence-electron chi connectivity index (χ4n) is 0.826. The highest BCUT2D eigenvalue weighted by atomic mass is 32.2. The van der Waals surface area contributed by atoms with Gasteiger partial charge in [0.2, 0.25) is 5.91 Å². The standard InChI is InChI=1S/C7H13N3OS/c1-2-3-4-8-7(11)6-5-9-12-10-6/h2-3,6,9-10H,4-5H2,1H3,(H,8,11)/b3-2+. The van der Waals surface area contributed by atoms with Crippen molar-refractivity contribution in [3.63, 3.8) is 0 Å². The maximum atomic E-state index is 11.3. The molecule has 3 N–H and O–H groups in total. The van der Waals surface area contributed by atoms with Gasteiger partial charge in [-0.15, -0.1) is 0 Å². The highest BCUT2D eigenvalue weighted by Gasteiger charge is 2.21. The van der Waals surface area contributed by atoms with Gasteiger partial charge in [-0.05, 0) is 6.92 Å². The minimum Gasteiger partial charge on any atom is -0.351 e. The molecule has 1 saturated heterocycles. The molecule has 0 aromatic carbocycles. The molecule has 0 saturated carbocycles. The van der Waals surface area contributed by atoms with Crippen molar-refractivity contribution in [3.05, 3.63) is 12.2 Å². The first-order valence-corrected chi connectivity index (χ1v) is 4.69. The Kier molecular flexibility index (Phi) is 4.13. The second-order valence-corrected chi connectivity index (χ2v) is 3.16. The van der Waals surface area contributed by atoms with Crippen LogP contribution in [0.25, 0.3) is 0 Å². The van der Waals surface area contributed by atoms with Crippen molar-refractivity contribution >= 4 is 18.0 Å². The molecule has 0 aromatic heterocycles. The summed E-state index contributed by atoms with van der Waals surface area (Å²) in [6, 6.07) is -0.0970. The second kappa shape index (κ2) is 5.18. The van der Waals surface area contributed by atoms with E-state index in [0.29, 0.717) is 13.1 Å². The molecule has 0 aliphatic carbocycles. The predicted molar refractivity (Wildman–Crippen MR) is 50.3 cm³/mol. The summed E-state index contributed by atoms with van der Waals surface area (Å²) in [5.74, 6) is 0.0469. The van der Waals surface area contributed by atoms with Crippen LogP contribution >= 0.6 is 12.1 Å². The topological polar surface area (TPSA) is 53.2 Å². The van der Waals surface area contributed by atoms with Crippen LogP contribution in [0.2, 0.25) is 0 Å². The molecular weight excluding hydrogens is 174 g/mol. The van der Waals surface area contributed by atoms with Gasteiger partial charge in [0.1, 0.15) is 6.04 Å². The van der Waals surface area contributed by atoms with Gasteiger partial charge in [0.25, 0.3) is 0 Å². The molecule has 1 atom stereocenters. The summed E-state index contributed by atoms with van der Waals surface area (Å²) in [7, 11) is 0. The number of nitrogens with one attached hydrogen (secondary N) is 3. The van der Waals surface area contributed by atoms with Crippen molar-refractivity contribution < 1.29 is 4.79 Å². The number of allylic oxidation sites excluding steroid dienone is 1. The maximum Gasteiger partial charge on any atom is 0.239 e. The van der Waals surface area contributed by atoms with E-state index in [2.05, 4.69) is 14.8 Å². The molecule has 1 aliphatic rings. The Morgan fingerprint density at radius 2 is 2.67 bits per heavy atom. The van der Waals surface area contributed by atoms with Crippen LogP contribution in [0, 0.1) is 0 Å². The normalized spacial score (nSPS) is 23.2. The Labute approximate surface area is 76.4 Å². The van der Waals surface area contributed by atoms with Crippen molar-refractivity contribution in [3.8, 4) is 0 Å². The molecule has 1 rings (SSSR count). The summed E-state index contributed by atoms with van der Waals surface area (Å²) in [6.45, 7) is 3.22. The van der Waals surface area contributed by atoms with Crippen LogP contribution in [-0.4, -0.2) is 25.0 Å². The average molecular weight is 187 g/mol. The van der Waals surface area contributed by atoms with Crippen LogP contribution in [0.5, 0.6) is 0 Å². The minimum atomic E-state index is -0.0970. The van der Waals surface area contributed by atoms with E-state index < -0.39 is 0 Å². The van der Waals surface area contributed by atoms with Crippen molar-refractivity contribution in [2.24, 2.45) is 0 Å². The van der Waals surface area contributed by atoms with Crippen molar-refractivity contribution in [2.45, 2.75) is 13.0 Å². The summed E-state index contributed by atoms with van der Waals surface area (Å²) in [5.41, 5.74) is 0. The van der Waals surface area contributed by atoms with E-state index in [9.17, 15) is 4.79 Å². The Hall–Kier alpha value is -0.520. The lowest BCUT2D eigenvalue weighted by atomic mass is 10.3. The van der Waals surface area contributed by atoms with E-state index in [1.165, 1.54) is 12.1 Å². The van der Waals surface area contributed by atoms with Gasteiger partial charge in [-0.25, -0.2) is 9.44 Å². The first-order valence-electron chi connectivity index (χ1n) is 3.87. The van der Waals surface area contributed by atoms with Crippen LogP contribution in [-0.2, 0) is 4.79 Å². The molecule has 0 aromatic rings. The summed E-state index contributed by atoms with van der Waals surface area (Å²) in [4.78, 5) is 11.3. The molecular formula is C7H13N3OS. The summed E-state index contributed by atoms with van der Waals surface area (Å²) >= 11 is 1.37. The van der Waals surface area contributed by atoms with Crippen LogP contribution in [0.15, 0.2) is 12.2 Å². The van der Waals surface area contributed by atoms with Gasteiger partial charge in [-0.2, -0.15) is 0 Å². The highest BCUT2D eigenvalue weighted by molar-refractivity contribution is 7.95. The molecule has 12 heavy (non-hydrogen) atoms. The number of carbonyl (C=O) groups excluding carboxylic acids is 1. The van der Waals surface area contributed by atoms with Gasteiger partial charge in [-0.3, -0.25) is 4.79 Å². The first-order chi connectivity index (χ1) is 5.84. The van der Waals surface area contributed by atoms with Crippen LogP contribution in [0.4, 0.5) is 0 Å². The van der Waals surface area contributed by atoms with E-state index in [0.717, 1.165) is 0 Å². The van der Waals surface area contributed by atoms with Gasteiger partial charge in [0, 0.05) is 25.2 Å². The molecule has 0 radical (unpaired) electrons. The molecule has 1 aliphatic heterocycles. The number of rotatable bonds is 3. The molecule has 68 valence electrons. The number of amides is 1. The van der Waals surface area contributed by atoms with Crippen molar-refractivity contribution in [1.82, 2.24) is 14.8 Å². The zero-order valence-electron chi connectivity index (χ0n) is 6.96. The molecule has 0 spiro atoms. The molecule has 1 fully saturated rings. The number of carbonyl (C=O) groups is 1. The van der Waals surface area contributed by atoms with Gasteiger partial charge in [0.05, 0.1) is 0 Å². The maximum absolute atomic E-state index is 11.3. The van der Waals surface area contributed by atoms with Crippen LogP contribution < -0.4 is 14.8 Å². The van der Waals surface area contributed by atoms with E-state index in [1.54, 1.807) is 0 Å². The van der Waals surface area contributed by atoms with E-state index in [1.807, 2.05) is 19.1 Å². The quantitative estimate of drug-likeness (QED) is 0.423. The molecule has 0 bridgehead atoms. The van der Waals surface area contributed by atoms with Crippen LogP contribution in [0.3, 0.4) is 0 Å². The third-order valence-corrected chi connectivity index (χ3v) is 2.22. The smallest absolute Gasteiger partial charge is 0.239 e. The average Bonchev–Trinajstić information content (AvgIpc) is 2.56. The minimum absolute atomic E-state index is 0.0469. The lowest BCUT2D eigenvalue weighted by molar-refractivity contribution is -0.122. The summed E-state index contributed by atoms with van der Waals surface area (Å²) < 4.78 is 5.92. The number of hydrogen-bond acceptors (Lipinski definition) is 4. The van der Waals surface area contributed by atoms with Gasteiger partial charge in [0.15, 0.2) is 0 Å². The molecule has 1 unspecified atom stereocenters. The largest absolute Gasteiger partial charge is 0.351 e. The number of hydrogen-bond donors (Lipinski definition) is 3. The zero-order chi connectivity index (χ0) is 8.81. The van der Waals surface area contributed by atoms with Gasteiger partial charge < -0.3 is 5.32 Å². The van der Waals surface area contributed by atoms with Crippen molar-refractivity contribution in [1.29, 1.82) is 0 Å². The molecule has 1 heterocycles. The van der Waals surface area contributed by atoms with E-state index in [4.69, 9.17) is 0 Å². The molecule has 1 amide bonds.